The minimum atomic E-state index is -1.28. The fraction of sp³-hybridized carbons (Fsp3) is 0.182. The topological polar surface area (TPSA) is 111 Å². The Morgan fingerprint density at radius 1 is 1.25 bits per heavy atom. The summed E-state index contributed by atoms with van der Waals surface area (Å²) in [5, 5.41) is 15.8. The van der Waals surface area contributed by atoms with Gasteiger partial charge in [0, 0.05) is 13.5 Å². The molecule has 0 aliphatic carbocycles. The van der Waals surface area contributed by atoms with Gasteiger partial charge in [0.1, 0.15) is 11.9 Å². The van der Waals surface area contributed by atoms with Gasteiger partial charge in [0.2, 0.25) is 0 Å². The van der Waals surface area contributed by atoms with Crippen LogP contribution in [0.1, 0.15) is 15.9 Å². The zero-order chi connectivity index (χ0) is 23.4. The molecule has 8 nitrogen and oxygen atoms in total. The summed E-state index contributed by atoms with van der Waals surface area (Å²) in [7, 11) is 2.95. The first kappa shape index (κ1) is 23.0. The summed E-state index contributed by atoms with van der Waals surface area (Å²) in [5.41, 5.74) is 0.974. The van der Waals surface area contributed by atoms with Crippen molar-refractivity contribution in [2.24, 2.45) is 7.05 Å². The number of methoxy groups -OCH3 is 1. The molecule has 3 aromatic rings. The number of aliphatic carboxylic acids is 1. The van der Waals surface area contributed by atoms with E-state index < -0.39 is 23.7 Å². The average molecular weight is 460 g/mol. The van der Waals surface area contributed by atoms with Crippen LogP contribution in [0.2, 0.25) is 5.02 Å². The molecule has 1 heterocycles. The van der Waals surface area contributed by atoms with Crippen LogP contribution in [0.25, 0.3) is 11.1 Å². The quantitative estimate of drug-likeness (QED) is 0.562. The van der Waals surface area contributed by atoms with Crippen LogP contribution in [-0.2, 0) is 18.3 Å². The van der Waals surface area contributed by atoms with Gasteiger partial charge in [0.25, 0.3) is 11.5 Å². The SMILES string of the molecule is COc1cnn(C)c(=O)c1-c1ccc(C[C@H](NC(=O)c2cc(F)ccc2Cl)C(=O)O)cc1. The Morgan fingerprint density at radius 2 is 1.94 bits per heavy atom. The van der Waals surface area contributed by atoms with Gasteiger partial charge in [-0.05, 0) is 29.3 Å². The predicted octanol–water partition coefficient (Wildman–Crippen LogP) is 2.67. The number of hydrogen-bond donors (Lipinski definition) is 2. The van der Waals surface area contributed by atoms with Crippen molar-refractivity contribution in [1.29, 1.82) is 0 Å². The van der Waals surface area contributed by atoms with Crippen LogP contribution in [0.3, 0.4) is 0 Å². The lowest BCUT2D eigenvalue weighted by Gasteiger charge is -2.16. The second kappa shape index (κ2) is 9.61. The first-order valence-corrected chi connectivity index (χ1v) is 9.77. The number of carbonyl (C=O) groups excluding carboxylic acids is 1. The minimum Gasteiger partial charge on any atom is -0.494 e. The molecular formula is C22H19ClFN3O5. The fourth-order valence-corrected chi connectivity index (χ4v) is 3.30. The van der Waals surface area contributed by atoms with Crippen molar-refractivity contribution < 1.29 is 23.8 Å². The zero-order valence-electron chi connectivity index (χ0n) is 17.1. The highest BCUT2D eigenvalue weighted by Gasteiger charge is 2.23. The van der Waals surface area contributed by atoms with Crippen LogP contribution in [0, 0.1) is 5.82 Å². The van der Waals surface area contributed by atoms with E-state index in [1.807, 2.05) is 0 Å². The molecule has 3 rings (SSSR count). The molecule has 0 radical (unpaired) electrons. The van der Waals surface area contributed by atoms with Crippen LogP contribution in [0.5, 0.6) is 5.75 Å². The Kier molecular flexibility index (Phi) is 6.89. The predicted molar refractivity (Wildman–Crippen MR) is 115 cm³/mol. The van der Waals surface area contributed by atoms with Gasteiger partial charge in [-0.15, -0.1) is 0 Å². The number of nitrogens with zero attached hydrogens (tertiary/aromatic N) is 2. The lowest BCUT2D eigenvalue weighted by Crippen LogP contribution is -2.42. The normalized spacial score (nSPS) is 11.6. The number of nitrogens with one attached hydrogen (secondary N) is 1. The van der Waals surface area contributed by atoms with Crippen molar-refractivity contribution in [3.05, 3.63) is 81.0 Å². The first-order chi connectivity index (χ1) is 15.2. The molecule has 1 atom stereocenters. The van der Waals surface area contributed by atoms with Gasteiger partial charge in [-0.3, -0.25) is 9.59 Å². The molecule has 10 heteroatoms. The highest BCUT2D eigenvalue weighted by atomic mass is 35.5. The van der Waals surface area contributed by atoms with Gasteiger partial charge < -0.3 is 15.2 Å². The summed E-state index contributed by atoms with van der Waals surface area (Å²) >= 11 is 5.92. The van der Waals surface area contributed by atoms with Gasteiger partial charge in [-0.2, -0.15) is 5.10 Å². The summed E-state index contributed by atoms with van der Waals surface area (Å²) in [6, 6.07) is 8.57. The second-order valence-electron chi connectivity index (χ2n) is 6.91. The number of aryl methyl sites for hydroxylation is 1. The number of carboxylic acids is 1. The monoisotopic (exact) mass is 459 g/mol. The number of aromatic nitrogens is 2. The maximum absolute atomic E-state index is 13.4. The third kappa shape index (κ3) is 4.94. The van der Waals surface area contributed by atoms with Crippen molar-refractivity contribution in [1.82, 2.24) is 15.1 Å². The molecular weight excluding hydrogens is 441 g/mol. The number of benzene rings is 2. The van der Waals surface area contributed by atoms with Crippen LogP contribution < -0.4 is 15.6 Å². The molecule has 0 saturated heterocycles. The van der Waals surface area contributed by atoms with Crippen LogP contribution in [0.15, 0.2) is 53.5 Å². The minimum absolute atomic E-state index is 0.00488. The Morgan fingerprint density at radius 3 is 2.56 bits per heavy atom. The van der Waals surface area contributed by atoms with Crippen molar-refractivity contribution in [2.75, 3.05) is 7.11 Å². The van der Waals surface area contributed by atoms with Crippen LogP contribution in [-0.4, -0.2) is 39.9 Å². The molecule has 166 valence electrons. The molecule has 1 amide bonds. The van der Waals surface area contributed by atoms with E-state index in [2.05, 4.69) is 10.4 Å². The van der Waals surface area contributed by atoms with Crippen molar-refractivity contribution in [2.45, 2.75) is 12.5 Å². The van der Waals surface area contributed by atoms with Crippen LogP contribution >= 0.6 is 11.6 Å². The molecule has 0 spiro atoms. The van der Waals surface area contributed by atoms with Gasteiger partial charge in [0.05, 0.1) is 29.5 Å². The third-order valence-electron chi connectivity index (χ3n) is 4.78. The second-order valence-corrected chi connectivity index (χ2v) is 7.31. The molecule has 2 aromatic carbocycles. The maximum Gasteiger partial charge on any atom is 0.326 e. The molecule has 0 aliphatic rings. The van der Waals surface area contributed by atoms with E-state index in [9.17, 15) is 23.9 Å². The Bertz CT molecular complexity index is 1230. The number of carbonyl (C=O) groups is 2. The van der Waals surface area contributed by atoms with E-state index >= 15 is 0 Å². The molecule has 0 fully saturated rings. The summed E-state index contributed by atoms with van der Waals surface area (Å²) in [5.74, 6) is -2.42. The van der Waals surface area contributed by atoms with E-state index in [-0.39, 0.29) is 22.6 Å². The molecule has 1 aromatic heterocycles. The number of ether oxygens (including phenoxy) is 1. The standard InChI is InChI=1S/C22H19ClFN3O5/c1-27-21(29)19(18(32-2)11-25-27)13-5-3-12(4-6-13)9-17(22(30)31)26-20(28)15-10-14(24)7-8-16(15)23/h3-8,10-11,17H,9H2,1-2H3,(H,26,28)(H,30,31)/t17-/m0/s1. The molecule has 0 saturated carbocycles. The van der Waals surface area contributed by atoms with Crippen molar-refractivity contribution in [3.63, 3.8) is 0 Å². The lowest BCUT2D eigenvalue weighted by molar-refractivity contribution is -0.139. The summed E-state index contributed by atoms with van der Waals surface area (Å²) < 4.78 is 19.9. The molecule has 0 bridgehead atoms. The van der Waals surface area contributed by atoms with E-state index in [4.69, 9.17) is 16.3 Å². The highest BCUT2D eigenvalue weighted by molar-refractivity contribution is 6.33. The smallest absolute Gasteiger partial charge is 0.326 e. The Balaban J connectivity index is 1.82. The Labute approximate surface area is 187 Å². The lowest BCUT2D eigenvalue weighted by atomic mass is 10.0. The van der Waals surface area contributed by atoms with Gasteiger partial charge >= 0.3 is 5.97 Å². The van der Waals surface area contributed by atoms with Gasteiger partial charge in [-0.25, -0.2) is 13.9 Å². The van der Waals surface area contributed by atoms with E-state index in [1.54, 1.807) is 24.3 Å². The van der Waals surface area contributed by atoms with Gasteiger partial charge in [-0.1, -0.05) is 35.9 Å². The summed E-state index contributed by atoms with van der Waals surface area (Å²) in [6.45, 7) is 0. The maximum atomic E-state index is 13.4. The molecule has 2 N–H and O–H groups in total. The summed E-state index contributed by atoms with van der Waals surface area (Å²) in [6.07, 6.45) is 1.39. The largest absolute Gasteiger partial charge is 0.494 e. The number of hydrogen-bond acceptors (Lipinski definition) is 5. The Hall–Kier alpha value is -3.72. The van der Waals surface area contributed by atoms with E-state index in [0.717, 1.165) is 12.1 Å². The molecule has 0 aliphatic heterocycles. The fourth-order valence-electron chi connectivity index (χ4n) is 3.09. The number of carboxylic acid groups (broad SMARTS) is 1. The first-order valence-electron chi connectivity index (χ1n) is 9.39. The number of rotatable bonds is 7. The number of amides is 1. The average Bonchev–Trinajstić information content (AvgIpc) is 2.77. The van der Waals surface area contributed by atoms with Crippen molar-refractivity contribution >= 4 is 23.5 Å². The van der Waals surface area contributed by atoms with E-state index in [1.165, 1.54) is 31.1 Å². The van der Waals surface area contributed by atoms with Gasteiger partial charge in [0.15, 0.2) is 5.75 Å². The molecule has 32 heavy (non-hydrogen) atoms. The highest BCUT2D eigenvalue weighted by Crippen LogP contribution is 2.26. The third-order valence-corrected chi connectivity index (χ3v) is 5.11. The van der Waals surface area contributed by atoms with E-state index in [0.29, 0.717) is 22.4 Å². The summed E-state index contributed by atoms with van der Waals surface area (Å²) in [4.78, 5) is 36.6. The number of halogens is 2. The zero-order valence-corrected chi connectivity index (χ0v) is 17.9. The molecule has 0 unspecified atom stereocenters. The van der Waals surface area contributed by atoms with Crippen LogP contribution in [0.4, 0.5) is 4.39 Å². The van der Waals surface area contributed by atoms with Crippen molar-refractivity contribution in [3.8, 4) is 16.9 Å².